The molecule has 2 amide bonds. The number of amides is 2. The van der Waals surface area contributed by atoms with Crippen LogP contribution in [0.15, 0.2) is 18.3 Å². The molecule has 2 aliphatic rings. The van der Waals surface area contributed by atoms with E-state index in [1.54, 1.807) is 17.0 Å². The number of rotatable bonds is 3. The highest BCUT2D eigenvalue weighted by atomic mass is 35.5. The number of hydrogen-bond donors (Lipinski definition) is 2. The number of carbonyl (C=O) groups excluding carboxylic acids is 2. The summed E-state index contributed by atoms with van der Waals surface area (Å²) in [4.78, 5) is 31.1. The summed E-state index contributed by atoms with van der Waals surface area (Å²) in [5.74, 6) is -0.0144. The molecule has 25 heavy (non-hydrogen) atoms. The number of halogens is 1. The van der Waals surface area contributed by atoms with Crippen molar-refractivity contribution in [2.24, 2.45) is 11.7 Å². The van der Waals surface area contributed by atoms with Gasteiger partial charge in [-0.25, -0.2) is 4.98 Å². The zero-order valence-electron chi connectivity index (χ0n) is 14.0. The van der Waals surface area contributed by atoms with Gasteiger partial charge >= 0.3 is 0 Å². The Hall–Kier alpha value is -1.70. The minimum absolute atomic E-state index is 0.0714. The molecular weight excluding hydrogens is 344 g/mol. The Morgan fingerprint density at radius 3 is 2.80 bits per heavy atom. The maximum Gasteiger partial charge on any atom is 0.242 e. The maximum atomic E-state index is 12.8. The largest absolute Gasteiger partial charge is 0.381 e. The number of anilines is 1. The lowest BCUT2D eigenvalue weighted by Gasteiger charge is -2.40. The third-order valence-electron chi connectivity index (χ3n) is 4.87. The van der Waals surface area contributed by atoms with Crippen LogP contribution in [0.25, 0.3) is 0 Å². The zero-order chi connectivity index (χ0) is 17.9. The van der Waals surface area contributed by atoms with Crippen LogP contribution in [-0.2, 0) is 14.3 Å². The summed E-state index contributed by atoms with van der Waals surface area (Å²) in [7, 11) is 0. The van der Waals surface area contributed by atoms with Crippen LogP contribution < -0.4 is 11.1 Å². The lowest BCUT2D eigenvalue weighted by Crippen LogP contribution is -2.60. The Bertz CT molecular complexity index is 631. The highest BCUT2D eigenvalue weighted by Gasteiger charge is 2.41. The summed E-state index contributed by atoms with van der Waals surface area (Å²) in [6, 6.07) is 3.33. The molecule has 2 fully saturated rings. The number of nitrogens with two attached hydrogens (primary N) is 1. The number of piperidine rings is 1. The molecule has 136 valence electrons. The molecule has 7 nitrogen and oxygen atoms in total. The molecule has 0 aromatic carbocycles. The molecule has 2 saturated heterocycles. The van der Waals surface area contributed by atoms with Crippen molar-refractivity contribution in [3.05, 3.63) is 23.4 Å². The molecule has 3 heterocycles. The predicted octanol–water partition coefficient (Wildman–Crippen LogP) is 1.42. The van der Waals surface area contributed by atoms with Gasteiger partial charge in [0.2, 0.25) is 11.8 Å². The van der Waals surface area contributed by atoms with Crippen molar-refractivity contribution in [1.29, 1.82) is 0 Å². The average molecular weight is 367 g/mol. The SMILES string of the molecule is NC1(C(=O)N2CCCC(C(=O)Nc3ccc(Cl)cn3)C2)CCOCC1. The predicted molar refractivity (Wildman–Crippen MR) is 94.2 cm³/mol. The first kappa shape index (κ1) is 18.1. The molecule has 0 aliphatic carbocycles. The summed E-state index contributed by atoms with van der Waals surface area (Å²) < 4.78 is 5.31. The van der Waals surface area contributed by atoms with Crippen LogP contribution in [0, 0.1) is 5.92 Å². The Labute approximate surface area is 151 Å². The topological polar surface area (TPSA) is 97.6 Å². The number of pyridine rings is 1. The molecular formula is C17H23ClN4O3. The fourth-order valence-corrected chi connectivity index (χ4v) is 3.43. The normalized spacial score (nSPS) is 23.1. The van der Waals surface area contributed by atoms with E-state index in [-0.39, 0.29) is 17.7 Å². The smallest absolute Gasteiger partial charge is 0.242 e. The molecule has 1 atom stereocenters. The third-order valence-corrected chi connectivity index (χ3v) is 5.09. The summed E-state index contributed by atoms with van der Waals surface area (Å²) in [5.41, 5.74) is 5.43. The first-order valence-corrected chi connectivity index (χ1v) is 8.94. The van der Waals surface area contributed by atoms with Gasteiger partial charge in [0.1, 0.15) is 5.82 Å². The average Bonchev–Trinajstić information content (AvgIpc) is 2.63. The first-order valence-electron chi connectivity index (χ1n) is 8.56. The molecule has 0 spiro atoms. The van der Waals surface area contributed by atoms with Gasteiger partial charge in [0.15, 0.2) is 0 Å². The lowest BCUT2D eigenvalue weighted by molar-refractivity contribution is -0.143. The fraction of sp³-hybridized carbons (Fsp3) is 0.588. The first-order chi connectivity index (χ1) is 12.0. The van der Waals surface area contributed by atoms with Crippen molar-refractivity contribution in [3.8, 4) is 0 Å². The number of ether oxygens (including phenoxy) is 1. The molecule has 1 aromatic heterocycles. The Balaban J connectivity index is 1.61. The second kappa shape index (κ2) is 7.68. The van der Waals surface area contributed by atoms with E-state index in [4.69, 9.17) is 22.1 Å². The van der Waals surface area contributed by atoms with Gasteiger partial charge in [-0.2, -0.15) is 0 Å². The van der Waals surface area contributed by atoms with Gasteiger partial charge in [-0.15, -0.1) is 0 Å². The molecule has 0 saturated carbocycles. The molecule has 2 aliphatic heterocycles. The van der Waals surface area contributed by atoms with Crippen LogP contribution in [-0.4, -0.2) is 53.5 Å². The minimum Gasteiger partial charge on any atom is -0.381 e. The second-order valence-electron chi connectivity index (χ2n) is 6.71. The summed E-state index contributed by atoms with van der Waals surface area (Å²) in [6.07, 6.45) is 4.05. The van der Waals surface area contributed by atoms with Gasteiger partial charge in [-0.1, -0.05) is 11.6 Å². The number of aromatic nitrogens is 1. The molecule has 1 aromatic rings. The standard InChI is InChI=1S/C17H23ClN4O3/c18-13-3-4-14(20-10-13)21-15(23)12-2-1-7-22(11-12)16(24)17(19)5-8-25-9-6-17/h3-4,10,12H,1-2,5-9,11,19H2,(H,20,21,23). The zero-order valence-corrected chi connectivity index (χ0v) is 14.8. The van der Waals surface area contributed by atoms with E-state index in [0.29, 0.717) is 50.0 Å². The second-order valence-corrected chi connectivity index (χ2v) is 7.15. The summed E-state index contributed by atoms with van der Waals surface area (Å²) in [6.45, 7) is 2.03. The van der Waals surface area contributed by atoms with Crippen LogP contribution >= 0.6 is 11.6 Å². The van der Waals surface area contributed by atoms with Crippen molar-refractivity contribution in [2.45, 2.75) is 31.2 Å². The number of hydrogen-bond acceptors (Lipinski definition) is 5. The van der Waals surface area contributed by atoms with Crippen molar-refractivity contribution in [3.63, 3.8) is 0 Å². The van der Waals surface area contributed by atoms with Gasteiger partial charge in [-0.3, -0.25) is 9.59 Å². The molecule has 3 rings (SSSR count). The van der Waals surface area contributed by atoms with Crippen molar-refractivity contribution in [1.82, 2.24) is 9.88 Å². The molecule has 0 bridgehead atoms. The van der Waals surface area contributed by atoms with E-state index in [2.05, 4.69) is 10.3 Å². The quantitative estimate of drug-likeness (QED) is 0.843. The van der Waals surface area contributed by atoms with E-state index in [9.17, 15) is 9.59 Å². The van der Waals surface area contributed by atoms with E-state index in [0.717, 1.165) is 12.8 Å². The number of likely N-dealkylation sites (tertiary alicyclic amines) is 1. The maximum absolute atomic E-state index is 12.8. The Kier molecular flexibility index (Phi) is 5.56. The van der Waals surface area contributed by atoms with Gasteiger partial charge in [0, 0.05) is 32.5 Å². The number of nitrogens with one attached hydrogen (secondary N) is 1. The van der Waals surface area contributed by atoms with Crippen LogP contribution in [0.1, 0.15) is 25.7 Å². The van der Waals surface area contributed by atoms with Crippen molar-refractivity contribution >= 4 is 29.2 Å². The summed E-state index contributed by atoms with van der Waals surface area (Å²) in [5, 5.41) is 3.30. The van der Waals surface area contributed by atoms with Gasteiger partial charge in [0.25, 0.3) is 0 Å². The van der Waals surface area contributed by atoms with Crippen LogP contribution in [0.5, 0.6) is 0 Å². The Morgan fingerprint density at radius 1 is 1.36 bits per heavy atom. The van der Waals surface area contributed by atoms with Crippen molar-refractivity contribution in [2.75, 3.05) is 31.6 Å². The van der Waals surface area contributed by atoms with Gasteiger partial charge < -0.3 is 20.7 Å². The van der Waals surface area contributed by atoms with Crippen molar-refractivity contribution < 1.29 is 14.3 Å². The monoisotopic (exact) mass is 366 g/mol. The molecule has 8 heteroatoms. The van der Waals surface area contributed by atoms with E-state index >= 15 is 0 Å². The minimum atomic E-state index is -0.867. The van der Waals surface area contributed by atoms with Crippen LogP contribution in [0.3, 0.4) is 0 Å². The fourth-order valence-electron chi connectivity index (χ4n) is 3.32. The van der Waals surface area contributed by atoms with E-state index in [1.165, 1.54) is 6.20 Å². The van der Waals surface area contributed by atoms with Crippen LogP contribution in [0.4, 0.5) is 5.82 Å². The molecule has 3 N–H and O–H groups in total. The highest BCUT2D eigenvalue weighted by Crippen LogP contribution is 2.25. The number of carbonyl (C=O) groups is 2. The number of nitrogens with zero attached hydrogens (tertiary/aromatic N) is 2. The third kappa shape index (κ3) is 4.29. The van der Waals surface area contributed by atoms with E-state index < -0.39 is 5.54 Å². The summed E-state index contributed by atoms with van der Waals surface area (Å²) >= 11 is 5.80. The highest BCUT2D eigenvalue weighted by molar-refractivity contribution is 6.30. The Morgan fingerprint density at radius 2 is 2.12 bits per heavy atom. The molecule has 1 unspecified atom stereocenters. The lowest BCUT2D eigenvalue weighted by atomic mass is 9.87. The molecule has 0 radical (unpaired) electrons. The van der Waals surface area contributed by atoms with E-state index in [1.807, 2.05) is 0 Å². The van der Waals surface area contributed by atoms with Crippen LogP contribution in [0.2, 0.25) is 5.02 Å². The van der Waals surface area contributed by atoms with Gasteiger partial charge in [0.05, 0.1) is 16.5 Å². The van der Waals surface area contributed by atoms with Gasteiger partial charge in [-0.05, 0) is 37.8 Å².